The van der Waals surface area contributed by atoms with Crippen molar-refractivity contribution >= 4 is 17.9 Å². The van der Waals surface area contributed by atoms with Gasteiger partial charge in [0.25, 0.3) is 0 Å². The third kappa shape index (κ3) is 5.98. The highest BCUT2D eigenvalue weighted by Gasteiger charge is 2.38. The van der Waals surface area contributed by atoms with Gasteiger partial charge in [-0.15, -0.1) is 0 Å². The number of amides is 1. The van der Waals surface area contributed by atoms with Crippen LogP contribution in [0.3, 0.4) is 0 Å². The molecule has 8 heteroatoms. The smallest absolute Gasteiger partial charge is 0.407 e. The van der Waals surface area contributed by atoms with E-state index in [1.165, 1.54) is 17.8 Å². The molecule has 0 bridgehead atoms. The fraction of sp³-hybridized carbons (Fsp3) is 0.588. The molecule has 3 unspecified atom stereocenters. The highest BCUT2D eigenvalue weighted by Crippen LogP contribution is 2.36. The van der Waals surface area contributed by atoms with Gasteiger partial charge in [-0.3, -0.25) is 0 Å². The van der Waals surface area contributed by atoms with Crippen LogP contribution in [0.5, 0.6) is 0 Å². The van der Waals surface area contributed by atoms with Gasteiger partial charge in [-0.2, -0.15) is 0 Å². The Hall–Kier alpha value is -1.64. The van der Waals surface area contributed by atoms with Crippen LogP contribution in [-0.4, -0.2) is 65.8 Å². The van der Waals surface area contributed by atoms with E-state index >= 15 is 0 Å². The van der Waals surface area contributed by atoms with E-state index in [-0.39, 0.29) is 18.1 Å². The summed E-state index contributed by atoms with van der Waals surface area (Å²) in [6.07, 6.45) is 5.26. The summed E-state index contributed by atoms with van der Waals surface area (Å²) >= 11 is 1.52. The maximum atomic E-state index is 11.6. The lowest BCUT2D eigenvalue weighted by molar-refractivity contribution is -0.0657. The minimum absolute atomic E-state index is 0.0838. The number of ether oxygens (including phenoxy) is 2. The van der Waals surface area contributed by atoms with Gasteiger partial charge in [-0.25, -0.2) is 14.8 Å². The lowest BCUT2D eigenvalue weighted by Gasteiger charge is -2.42. The summed E-state index contributed by atoms with van der Waals surface area (Å²) in [7, 11) is 4.13. The van der Waals surface area contributed by atoms with Crippen molar-refractivity contribution in [1.29, 1.82) is 0 Å². The Morgan fingerprint density at radius 3 is 2.88 bits per heavy atom. The molecule has 1 aliphatic heterocycles. The Bertz CT molecular complexity index is 558. The Morgan fingerprint density at radius 2 is 2.24 bits per heavy atom. The fourth-order valence-electron chi connectivity index (χ4n) is 2.82. The summed E-state index contributed by atoms with van der Waals surface area (Å²) in [5.41, 5.74) is -0.0838. The summed E-state index contributed by atoms with van der Waals surface area (Å²) in [6, 6.07) is 2.13. The summed E-state index contributed by atoms with van der Waals surface area (Å²) in [6.45, 7) is 6.29. The topological polar surface area (TPSA) is 76.6 Å². The van der Waals surface area contributed by atoms with Crippen LogP contribution in [0.25, 0.3) is 0 Å². The second-order valence-electron chi connectivity index (χ2n) is 6.17. The lowest BCUT2D eigenvalue weighted by atomic mass is 9.92. The fourth-order valence-corrected chi connectivity index (χ4v) is 3.88. The van der Waals surface area contributed by atoms with Crippen LogP contribution >= 0.6 is 11.8 Å². The molecule has 1 fully saturated rings. The normalized spacial score (nSPS) is 26.2. The molecule has 2 heterocycles. The van der Waals surface area contributed by atoms with Crippen molar-refractivity contribution in [3.05, 3.63) is 31.1 Å². The van der Waals surface area contributed by atoms with Gasteiger partial charge in [0.15, 0.2) is 5.16 Å². The maximum Gasteiger partial charge on any atom is 0.407 e. The molecule has 1 aromatic heterocycles. The first kappa shape index (κ1) is 19.7. The average molecular weight is 366 g/mol. The Morgan fingerprint density at radius 1 is 1.52 bits per heavy atom. The van der Waals surface area contributed by atoms with Gasteiger partial charge in [-0.1, -0.05) is 31.3 Å². The first-order chi connectivity index (χ1) is 12.0. The molecule has 2 rings (SSSR count). The zero-order chi connectivity index (χ0) is 18.2. The molecule has 0 aliphatic carbocycles. The van der Waals surface area contributed by atoms with Crippen LogP contribution in [-0.2, 0) is 9.47 Å². The molecule has 0 radical (unpaired) electrons. The number of carbonyl (C=O) groups excluding carboxylic acids is 1. The van der Waals surface area contributed by atoms with E-state index < -0.39 is 6.09 Å². The van der Waals surface area contributed by atoms with Gasteiger partial charge in [0.2, 0.25) is 0 Å². The van der Waals surface area contributed by atoms with Gasteiger partial charge >= 0.3 is 6.09 Å². The molecule has 1 N–H and O–H groups in total. The Labute approximate surface area is 153 Å². The molecule has 4 atom stereocenters. The molecule has 0 aromatic carbocycles. The van der Waals surface area contributed by atoms with E-state index in [2.05, 4.69) is 47.8 Å². The zero-order valence-electron chi connectivity index (χ0n) is 14.9. The quantitative estimate of drug-likeness (QED) is 0.585. The Kier molecular flexibility index (Phi) is 7.67. The van der Waals surface area contributed by atoms with Crippen molar-refractivity contribution in [3.8, 4) is 0 Å². The number of alkyl carbamates (subject to hydrolysis) is 1. The molecule has 1 aromatic rings. The number of carbonyl (C=O) groups is 1. The third-order valence-corrected chi connectivity index (χ3v) is 5.29. The number of hydrogen-bond donors (Lipinski definition) is 1. The predicted molar refractivity (Wildman–Crippen MR) is 97.4 cm³/mol. The van der Waals surface area contributed by atoms with Crippen molar-refractivity contribution in [2.45, 2.75) is 36.1 Å². The molecular formula is C17H26N4O3S. The molecule has 0 saturated carbocycles. The first-order valence-corrected chi connectivity index (χ1v) is 9.16. The number of rotatable bonds is 7. The van der Waals surface area contributed by atoms with Crippen molar-refractivity contribution in [3.63, 3.8) is 0 Å². The molecule has 1 amide bonds. The zero-order valence-corrected chi connectivity index (χ0v) is 15.7. The van der Waals surface area contributed by atoms with Crippen molar-refractivity contribution in [1.82, 2.24) is 20.2 Å². The largest absolute Gasteiger partial charge is 0.445 e. The molecule has 7 nitrogen and oxygen atoms in total. The third-order valence-electron chi connectivity index (χ3n) is 4.10. The van der Waals surface area contributed by atoms with Gasteiger partial charge in [0.1, 0.15) is 12.0 Å². The first-order valence-electron chi connectivity index (χ1n) is 8.28. The van der Waals surface area contributed by atoms with E-state index in [1.807, 2.05) is 0 Å². The van der Waals surface area contributed by atoms with Crippen LogP contribution in [0.1, 0.15) is 13.3 Å². The standard InChI is InChI=1S/C17H26N4O3S/c1-5-9-23-17(22)20-11-13-10-14(21(3)4)12(2)15(24-13)25-16-18-7-6-8-19-16/h5-8,12-15H,1,9-11H2,2-4H3,(H,20,22)/t12?,13?,14?,15-/m0/s1. The average Bonchev–Trinajstić information content (AvgIpc) is 2.61. The monoisotopic (exact) mass is 366 g/mol. The van der Waals surface area contributed by atoms with Gasteiger partial charge in [0, 0.05) is 30.9 Å². The second-order valence-corrected chi connectivity index (χ2v) is 7.23. The van der Waals surface area contributed by atoms with Crippen LogP contribution in [0, 0.1) is 5.92 Å². The van der Waals surface area contributed by atoms with Crippen molar-refractivity contribution < 1.29 is 14.3 Å². The highest BCUT2D eigenvalue weighted by molar-refractivity contribution is 7.99. The van der Waals surface area contributed by atoms with E-state index in [9.17, 15) is 4.79 Å². The molecule has 138 valence electrons. The number of thioether (sulfide) groups is 1. The number of hydrogen-bond acceptors (Lipinski definition) is 7. The molecule has 1 saturated heterocycles. The summed E-state index contributed by atoms with van der Waals surface area (Å²) in [4.78, 5) is 22.4. The van der Waals surface area contributed by atoms with Gasteiger partial charge in [-0.05, 0) is 26.6 Å². The predicted octanol–water partition coefficient (Wildman–Crippen LogP) is 2.16. The molecular weight excluding hydrogens is 340 g/mol. The number of nitrogens with zero attached hydrogens (tertiary/aromatic N) is 3. The Balaban J connectivity index is 1.98. The maximum absolute atomic E-state index is 11.6. The van der Waals surface area contributed by atoms with Crippen LogP contribution in [0.15, 0.2) is 36.3 Å². The van der Waals surface area contributed by atoms with E-state index in [1.54, 1.807) is 18.5 Å². The number of nitrogens with one attached hydrogen (secondary N) is 1. The van der Waals surface area contributed by atoms with E-state index in [0.29, 0.717) is 23.7 Å². The molecule has 25 heavy (non-hydrogen) atoms. The highest BCUT2D eigenvalue weighted by atomic mass is 32.2. The van der Waals surface area contributed by atoms with E-state index in [0.717, 1.165) is 6.42 Å². The number of aromatic nitrogens is 2. The van der Waals surface area contributed by atoms with Gasteiger partial charge < -0.3 is 19.7 Å². The molecule has 1 aliphatic rings. The lowest BCUT2D eigenvalue weighted by Crippen LogP contribution is -2.50. The van der Waals surface area contributed by atoms with Gasteiger partial charge in [0.05, 0.1) is 6.10 Å². The minimum atomic E-state index is -0.459. The second kappa shape index (κ2) is 9.74. The van der Waals surface area contributed by atoms with Crippen LogP contribution < -0.4 is 5.32 Å². The van der Waals surface area contributed by atoms with Crippen molar-refractivity contribution in [2.75, 3.05) is 27.2 Å². The summed E-state index contributed by atoms with van der Waals surface area (Å²) in [5.74, 6) is 0.299. The summed E-state index contributed by atoms with van der Waals surface area (Å²) < 4.78 is 11.1. The SMILES string of the molecule is C=CCOC(=O)NCC1CC(N(C)C)C(C)[C@H](Sc2ncccn2)O1. The van der Waals surface area contributed by atoms with Crippen molar-refractivity contribution in [2.24, 2.45) is 5.92 Å². The minimum Gasteiger partial charge on any atom is -0.445 e. The van der Waals surface area contributed by atoms with Crippen LogP contribution in [0.2, 0.25) is 0 Å². The summed E-state index contributed by atoms with van der Waals surface area (Å²) in [5, 5.41) is 3.44. The van der Waals surface area contributed by atoms with Crippen LogP contribution in [0.4, 0.5) is 4.79 Å². The molecule has 0 spiro atoms. The van der Waals surface area contributed by atoms with E-state index in [4.69, 9.17) is 9.47 Å².